The van der Waals surface area contributed by atoms with Gasteiger partial charge in [-0.15, -0.1) is 0 Å². The van der Waals surface area contributed by atoms with Gasteiger partial charge in [0.2, 0.25) is 0 Å². The molecule has 3 rings (SSSR count). The first kappa shape index (κ1) is 15.8. The van der Waals surface area contributed by atoms with E-state index in [1.165, 1.54) is 0 Å². The Morgan fingerprint density at radius 1 is 1.30 bits per heavy atom. The summed E-state index contributed by atoms with van der Waals surface area (Å²) in [6.45, 7) is 6.27. The Balaban J connectivity index is 1.57. The lowest BCUT2D eigenvalue weighted by molar-refractivity contribution is 0.0350. The minimum absolute atomic E-state index is 0.0862. The number of fused-ring (bicyclic) bond motifs is 1. The molecule has 1 atom stereocenters. The minimum Gasteiger partial charge on any atom is -0.379 e. The SMILES string of the molecule is C[C@@H](CN1CCOCC1)NC(=O)Nc1cccc2c1ccn2C. The number of nitrogens with one attached hydrogen (secondary N) is 2. The molecule has 0 saturated carbocycles. The van der Waals surface area contributed by atoms with Crippen molar-refractivity contribution < 1.29 is 9.53 Å². The molecule has 0 spiro atoms. The molecular weight excluding hydrogens is 292 g/mol. The molecule has 0 bridgehead atoms. The third-order valence-corrected chi connectivity index (χ3v) is 4.19. The molecule has 1 aliphatic heterocycles. The normalized spacial score (nSPS) is 17.1. The number of urea groups is 1. The molecule has 1 aromatic carbocycles. The highest BCUT2D eigenvalue weighted by atomic mass is 16.5. The summed E-state index contributed by atoms with van der Waals surface area (Å²) < 4.78 is 7.38. The predicted octanol–water partition coefficient (Wildman–Crippen LogP) is 2.02. The fourth-order valence-corrected chi connectivity index (χ4v) is 3.01. The van der Waals surface area contributed by atoms with E-state index in [9.17, 15) is 4.79 Å². The van der Waals surface area contributed by atoms with Crippen molar-refractivity contribution in [1.82, 2.24) is 14.8 Å². The number of amides is 2. The van der Waals surface area contributed by atoms with Gasteiger partial charge in [0.15, 0.2) is 0 Å². The van der Waals surface area contributed by atoms with E-state index in [4.69, 9.17) is 4.74 Å². The second kappa shape index (κ2) is 7.02. The maximum Gasteiger partial charge on any atom is 0.319 e. The summed E-state index contributed by atoms with van der Waals surface area (Å²) in [4.78, 5) is 14.6. The van der Waals surface area contributed by atoms with E-state index < -0.39 is 0 Å². The van der Waals surface area contributed by atoms with Crippen LogP contribution in [0.4, 0.5) is 10.5 Å². The molecular formula is C17H24N4O2. The summed E-state index contributed by atoms with van der Waals surface area (Å²) in [5.74, 6) is 0. The van der Waals surface area contributed by atoms with Crippen molar-refractivity contribution >= 4 is 22.6 Å². The third-order valence-electron chi connectivity index (χ3n) is 4.19. The van der Waals surface area contributed by atoms with E-state index in [1.54, 1.807) is 0 Å². The molecule has 1 aliphatic rings. The standard InChI is InChI=1S/C17H24N4O2/c1-13(12-21-8-10-23-11-9-21)18-17(22)19-15-4-3-5-16-14(15)6-7-20(16)2/h3-7,13H,8-12H2,1-2H3,(H2,18,19,22)/t13-/m0/s1. The first-order chi connectivity index (χ1) is 11.1. The van der Waals surface area contributed by atoms with Gasteiger partial charge in [0.05, 0.1) is 18.9 Å². The van der Waals surface area contributed by atoms with Gasteiger partial charge >= 0.3 is 6.03 Å². The molecule has 0 unspecified atom stereocenters. The molecule has 124 valence electrons. The minimum atomic E-state index is -0.165. The zero-order chi connectivity index (χ0) is 16.2. The van der Waals surface area contributed by atoms with E-state index in [-0.39, 0.29) is 12.1 Å². The Bertz CT molecular complexity index is 676. The fourth-order valence-electron chi connectivity index (χ4n) is 3.01. The number of anilines is 1. The number of hydrogen-bond donors (Lipinski definition) is 2. The Morgan fingerprint density at radius 2 is 2.09 bits per heavy atom. The summed E-state index contributed by atoms with van der Waals surface area (Å²) in [6, 6.07) is 7.86. The molecule has 1 saturated heterocycles. The molecule has 6 heteroatoms. The van der Waals surface area contributed by atoms with Gasteiger partial charge < -0.3 is 19.9 Å². The largest absolute Gasteiger partial charge is 0.379 e. The number of rotatable bonds is 4. The highest BCUT2D eigenvalue weighted by Gasteiger charge is 2.15. The number of aryl methyl sites for hydroxylation is 1. The summed E-state index contributed by atoms with van der Waals surface area (Å²) in [5, 5.41) is 7.01. The van der Waals surface area contributed by atoms with Gasteiger partial charge in [-0.3, -0.25) is 4.90 Å². The quantitative estimate of drug-likeness (QED) is 0.907. The molecule has 23 heavy (non-hydrogen) atoms. The number of carbonyl (C=O) groups excluding carboxylic acids is 1. The van der Waals surface area contributed by atoms with Crippen molar-refractivity contribution in [3.63, 3.8) is 0 Å². The Kier molecular flexibility index (Phi) is 4.83. The Labute approximate surface area is 136 Å². The summed E-state index contributed by atoms with van der Waals surface area (Å²) in [5.41, 5.74) is 1.93. The second-order valence-corrected chi connectivity index (χ2v) is 6.08. The highest BCUT2D eigenvalue weighted by molar-refractivity contribution is 6.00. The molecule has 6 nitrogen and oxygen atoms in total. The van der Waals surface area contributed by atoms with Crippen molar-refractivity contribution in [2.24, 2.45) is 7.05 Å². The monoisotopic (exact) mass is 316 g/mol. The van der Waals surface area contributed by atoms with Gasteiger partial charge in [0, 0.05) is 49.8 Å². The number of nitrogens with zero attached hydrogens (tertiary/aromatic N) is 2. The number of morpholine rings is 1. The highest BCUT2D eigenvalue weighted by Crippen LogP contribution is 2.23. The lowest BCUT2D eigenvalue weighted by Crippen LogP contribution is -2.47. The molecule has 1 aromatic heterocycles. The fraction of sp³-hybridized carbons (Fsp3) is 0.471. The summed E-state index contributed by atoms with van der Waals surface area (Å²) in [6.07, 6.45) is 1.99. The number of carbonyl (C=O) groups is 1. The molecule has 1 fully saturated rings. The van der Waals surface area contributed by atoms with Crippen LogP contribution < -0.4 is 10.6 Å². The van der Waals surface area contributed by atoms with Crippen molar-refractivity contribution in [2.75, 3.05) is 38.2 Å². The van der Waals surface area contributed by atoms with Crippen molar-refractivity contribution in [3.05, 3.63) is 30.5 Å². The van der Waals surface area contributed by atoms with E-state index in [2.05, 4.69) is 15.5 Å². The van der Waals surface area contributed by atoms with Crippen LogP contribution in [0.3, 0.4) is 0 Å². The average molecular weight is 316 g/mol. The van der Waals surface area contributed by atoms with Crippen LogP contribution in [0.5, 0.6) is 0 Å². The van der Waals surface area contributed by atoms with E-state index in [0.717, 1.165) is 49.4 Å². The molecule has 0 aliphatic carbocycles. The molecule has 0 radical (unpaired) electrons. The maximum atomic E-state index is 12.2. The van der Waals surface area contributed by atoms with E-state index in [1.807, 2.05) is 49.0 Å². The van der Waals surface area contributed by atoms with Crippen LogP contribution in [-0.4, -0.2) is 54.4 Å². The lowest BCUT2D eigenvalue weighted by atomic mass is 10.2. The first-order valence-electron chi connectivity index (χ1n) is 8.05. The molecule has 2 amide bonds. The van der Waals surface area contributed by atoms with E-state index >= 15 is 0 Å². The van der Waals surface area contributed by atoms with Crippen LogP contribution in [0.25, 0.3) is 10.9 Å². The van der Waals surface area contributed by atoms with Gasteiger partial charge in [0.25, 0.3) is 0 Å². The van der Waals surface area contributed by atoms with Gasteiger partial charge in [-0.1, -0.05) is 6.07 Å². The average Bonchev–Trinajstić information content (AvgIpc) is 2.91. The summed E-state index contributed by atoms with van der Waals surface area (Å²) in [7, 11) is 2.00. The van der Waals surface area contributed by atoms with Gasteiger partial charge in [0.1, 0.15) is 0 Å². The maximum absolute atomic E-state index is 12.2. The second-order valence-electron chi connectivity index (χ2n) is 6.08. The molecule has 2 N–H and O–H groups in total. The summed E-state index contributed by atoms with van der Waals surface area (Å²) >= 11 is 0. The van der Waals surface area contributed by atoms with Crippen LogP contribution in [0.1, 0.15) is 6.92 Å². The van der Waals surface area contributed by atoms with Crippen molar-refractivity contribution in [3.8, 4) is 0 Å². The number of benzene rings is 1. The Hall–Kier alpha value is -2.05. The molecule has 2 heterocycles. The lowest BCUT2D eigenvalue weighted by Gasteiger charge is -2.29. The van der Waals surface area contributed by atoms with Crippen molar-refractivity contribution in [2.45, 2.75) is 13.0 Å². The number of aromatic nitrogens is 1. The zero-order valence-corrected chi connectivity index (χ0v) is 13.7. The van der Waals surface area contributed by atoms with E-state index in [0.29, 0.717) is 0 Å². The number of ether oxygens (including phenoxy) is 1. The predicted molar refractivity (Wildman–Crippen MR) is 91.8 cm³/mol. The Morgan fingerprint density at radius 3 is 2.87 bits per heavy atom. The van der Waals surface area contributed by atoms with Crippen LogP contribution in [0.2, 0.25) is 0 Å². The van der Waals surface area contributed by atoms with Crippen LogP contribution in [0.15, 0.2) is 30.5 Å². The van der Waals surface area contributed by atoms with Gasteiger partial charge in [-0.2, -0.15) is 0 Å². The zero-order valence-electron chi connectivity index (χ0n) is 13.7. The topological polar surface area (TPSA) is 58.5 Å². The smallest absolute Gasteiger partial charge is 0.319 e. The van der Waals surface area contributed by atoms with Gasteiger partial charge in [-0.05, 0) is 25.1 Å². The van der Waals surface area contributed by atoms with Crippen molar-refractivity contribution in [1.29, 1.82) is 0 Å². The number of hydrogen-bond acceptors (Lipinski definition) is 3. The van der Waals surface area contributed by atoms with Crippen LogP contribution >= 0.6 is 0 Å². The van der Waals surface area contributed by atoms with Crippen LogP contribution in [-0.2, 0) is 11.8 Å². The van der Waals surface area contributed by atoms with Gasteiger partial charge in [-0.25, -0.2) is 4.79 Å². The first-order valence-corrected chi connectivity index (χ1v) is 8.05. The third kappa shape index (κ3) is 3.83. The van der Waals surface area contributed by atoms with Crippen LogP contribution in [0, 0.1) is 0 Å². The molecule has 2 aromatic rings.